The summed E-state index contributed by atoms with van der Waals surface area (Å²) >= 11 is 0. The van der Waals surface area contributed by atoms with Gasteiger partial charge in [-0.2, -0.15) is 0 Å². The van der Waals surface area contributed by atoms with Gasteiger partial charge >= 0.3 is 6.09 Å². The molecule has 0 spiro atoms. The van der Waals surface area contributed by atoms with Crippen LogP contribution in [0.15, 0.2) is 0 Å². The van der Waals surface area contributed by atoms with Gasteiger partial charge in [-0.15, -0.1) is 0 Å². The van der Waals surface area contributed by atoms with E-state index in [0.29, 0.717) is 5.92 Å². The summed E-state index contributed by atoms with van der Waals surface area (Å²) in [6.45, 7) is 10.1. The molecule has 1 amide bonds. The van der Waals surface area contributed by atoms with Crippen molar-refractivity contribution in [3.63, 3.8) is 0 Å². The van der Waals surface area contributed by atoms with Crippen molar-refractivity contribution < 1.29 is 9.53 Å². The van der Waals surface area contributed by atoms with E-state index < -0.39 is 5.60 Å². The lowest BCUT2D eigenvalue weighted by molar-refractivity contribution is -0.00518. The van der Waals surface area contributed by atoms with Crippen molar-refractivity contribution in [3.8, 4) is 0 Å². The predicted molar refractivity (Wildman–Crippen MR) is 72.5 cm³/mol. The van der Waals surface area contributed by atoms with Crippen molar-refractivity contribution in [3.05, 3.63) is 0 Å². The Bertz CT molecular complexity index is 270. The molecule has 0 radical (unpaired) electrons. The number of rotatable bonds is 5. The minimum Gasteiger partial charge on any atom is -0.444 e. The number of nitrogens with zero attached hydrogens (tertiary/aromatic N) is 2. The lowest BCUT2D eigenvalue weighted by atomic mass is 10.0. The molecule has 1 saturated heterocycles. The van der Waals surface area contributed by atoms with E-state index in [2.05, 4.69) is 11.9 Å². The number of amides is 1. The van der Waals surface area contributed by atoms with Crippen LogP contribution in [0.2, 0.25) is 0 Å². The van der Waals surface area contributed by atoms with Gasteiger partial charge in [-0.25, -0.2) is 4.79 Å². The lowest BCUT2D eigenvalue weighted by Gasteiger charge is -2.41. The van der Waals surface area contributed by atoms with Gasteiger partial charge in [0.05, 0.1) is 0 Å². The topological polar surface area (TPSA) is 58.8 Å². The van der Waals surface area contributed by atoms with Crippen molar-refractivity contribution >= 4 is 6.09 Å². The molecular weight excluding hydrogens is 230 g/mol. The van der Waals surface area contributed by atoms with E-state index in [1.165, 1.54) is 0 Å². The minimum atomic E-state index is -0.403. The zero-order valence-electron chi connectivity index (χ0n) is 12.1. The summed E-state index contributed by atoms with van der Waals surface area (Å²) < 4.78 is 5.32. The minimum absolute atomic E-state index is 0.191. The summed E-state index contributed by atoms with van der Waals surface area (Å²) in [5.41, 5.74) is 5.08. The summed E-state index contributed by atoms with van der Waals surface area (Å²) in [6.07, 6.45) is 0.835. The third kappa shape index (κ3) is 5.23. The molecule has 0 unspecified atom stereocenters. The quantitative estimate of drug-likeness (QED) is 0.802. The smallest absolute Gasteiger partial charge is 0.410 e. The number of carbonyl (C=O) groups excluding carboxylic acids is 1. The Morgan fingerprint density at radius 2 is 2.06 bits per heavy atom. The molecule has 1 rings (SSSR count). The Labute approximate surface area is 110 Å². The summed E-state index contributed by atoms with van der Waals surface area (Å²) in [7, 11) is 2.10. The molecule has 1 aliphatic heterocycles. The van der Waals surface area contributed by atoms with Gasteiger partial charge < -0.3 is 20.3 Å². The first-order chi connectivity index (χ1) is 8.31. The maximum absolute atomic E-state index is 11.7. The van der Waals surface area contributed by atoms with Crippen molar-refractivity contribution in [1.29, 1.82) is 0 Å². The maximum Gasteiger partial charge on any atom is 0.410 e. The van der Waals surface area contributed by atoms with E-state index >= 15 is 0 Å². The Hall–Kier alpha value is -0.810. The van der Waals surface area contributed by atoms with Crippen molar-refractivity contribution in [1.82, 2.24) is 9.80 Å². The fourth-order valence-corrected chi connectivity index (χ4v) is 2.05. The number of likely N-dealkylation sites (tertiary alicyclic amines) is 1. The molecule has 5 heteroatoms. The molecule has 0 aromatic heterocycles. The number of nitrogens with two attached hydrogens (primary N) is 1. The molecule has 0 saturated carbocycles. The van der Waals surface area contributed by atoms with Crippen LogP contribution in [-0.4, -0.2) is 61.3 Å². The van der Waals surface area contributed by atoms with Crippen LogP contribution in [0.4, 0.5) is 4.79 Å². The van der Waals surface area contributed by atoms with Crippen LogP contribution in [0, 0.1) is 5.92 Å². The van der Waals surface area contributed by atoms with Crippen molar-refractivity contribution in [2.45, 2.75) is 32.8 Å². The SMILES string of the molecule is CN(CCCN)CC1CN(C(=O)OC(C)(C)C)C1. The average Bonchev–Trinajstić information content (AvgIpc) is 2.16. The molecule has 1 fully saturated rings. The molecule has 1 aliphatic rings. The van der Waals surface area contributed by atoms with Gasteiger partial charge in [0.15, 0.2) is 0 Å². The Morgan fingerprint density at radius 3 is 2.56 bits per heavy atom. The van der Waals surface area contributed by atoms with E-state index in [1.54, 1.807) is 4.90 Å². The van der Waals surface area contributed by atoms with Crippen molar-refractivity contribution in [2.75, 3.05) is 39.8 Å². The van der Waals surface area contributed by atoms with Gasteiger partial charge in [0, 0.05) is 25.6 Å². The molecule has 0 aromatic carbocycles. The molecular formula is C13H27N3O2. The van der Waals surface area contributed by atoms with Crippen LogP contribution in [0.5, 0.6) is 0 Å². The van der Waals surface area contributed by atoms with E-state index in [4.69, 9.17) is 10.5 Å². The van der Waals surface area contributed by atoms with Gasteiger partial charge in [0.1, 0.15) is 5.60 Å². The van der Waals surface area contributed by atoms with Crippen LogP contribution in [0.1, 0.15) is 27.2 Å². The second-order valence-electron chi connectivity index (χ2n) is 6.16. The second-order valence-corrected chi connectivity index (χ2v) is 6.16. The highest BCUT2D eigenvalue weighted by Gasteiger charge is 2.33. The van der Waals surface area contributed by atoms with Crippen LogP contribution in [0.25, 0.3) is 0 Å². The third-order valence-electron chi connectivity index (χ3n) is 2.92. The van der Waals surface area contributed by atoms with Crippen LogP contribution >= 0.6 is 0 Å². The Kier molecular flexibility index (Phi) is 5.41. The first-order valence-electron chi connectivity index (χ1n) is 6.68. The highest BCUT2D eigenvalue weighted by atomic mass is 16.6. The Morgan fingerprint density at radius 1 is 1.44 bits per heavy atom. The highest BCUT2D eigenvalue weighted by Crippen LogP contribution is 2.20. The predicted octanol–water partition coefficient (Wildman–Crippen LogP) is 1.13. The number of hydrogen-bond acceptors (Lipinski definition) is 4. The molecule has 0 aromatic rings. The largest absolute Gasteiger partial charge is 0.444 e. The van der Waals surface area contributed by atoms with Crippen LogP contribution in [-0.2, 0) is 4.74 Å². The van der Waals surface area contributed by atoms with E-state index in [1.807, 2.05) is 20.8 Å². The first-order valence-corrected chi connectivity index (χ1v) is 6.68. The molecule has 2 N–H and O–H groups in total. The number of ether oxygens (including phenoxy) is 1. The fraction of sp³-hybridized carbons (Fsp3) is 0.923. The summed E-state index contributed by atoms with van der Waals surface area (Å²) in [5.74, 6) is 0.570. The molecule has 18 heavy (non-hydrogen) atoms. The normalized spacial score (nSPS) is 16.9. The molecule has 0 bridgehead atoms. The van der Waals surface area contributed by atoms with Crippen molar-refractivity contribution in [2.24, 2.45) is 11.7 Å². The van der Waals surface area contributed by atoms with E-state index in [-0.39, 0.29) is 6.09 Å². The van der Waals surface area contributed by atoms with Crippen LogP contribution in [0.3, 0.4) is 0 Å². The van der Waals surface area contributed by atoms with Gasteiger partial charge in [-0.1, -0.05) is 0 Å². The zero-order valence-corrected chi connectivity index (χ0v) is 12.1. The maximum atomic E-state index is 11.7. The molecule has 0 atom stereocenters. The number of hydrogen-bond donors (Lipinski definition) is 1. The summed E-state index contributed by atoms with van der Waals surface area (Å²) in [6, 6.07) is 0. The fourth-order valence-electron chi connectivity index (χ4n) is 2.05. The molecule has 0 aliphatic carbocycles. The lowest BCUT2D eigenvalue weighted by Crippen LogP contribution is -2.54. The van der Waals surface area contributed by atoms with Gasteiger partial charge in [-0.05, 0) is 47.3 Å². The van der Waals surface area contributed by atoms with E-state index in [9.17, 15) is 4.79 Å². The standard InChI is InChI=1S/C13H27N3O2/c1-13(2,3)18-12(17)16-9-11(10-16)8-15(4)7-5-6-14/h11H,5-10,14H2,1-4H3. The zero-order chi connectivity index (χ0) is 13.8. The van der Waals surface area contributed by atoms with Gasteiger partial charge in [0.2, 0.25) is 0 Å². The monoisotopic (exact) mass is 257 g/mol. The third-order valence-corrected chi connectivity index (χ3v) is 2.92. The summed E-state index contributed by atoms with van der Waals surface area (Å²) in [4.78, 5) is 15.8. The molecule has 1 heterocycles. The summed E-state index contributed by atoms with van der Waals surface area (Å²) in [5, 5.41) is 0. The van der Waals surface area contributed by atoms with Gasteiger partial charge in [0.25, 0.3) is 0 Å². The molecule has 106 valence electrons. The Balaban J connectivity index is 2.17. The first kappa shape index (κ1) is 15.2. The molecule has 5 nitrogen and oxygen atoms in total. The highest BCUT2D eigenvalue weighted by molar-refractivity contribution is 5.69. The van der Waals surface area contributed by atoms with Crippen LogP contribution < -0.4 is 5.73 Å². The number of carbonyl (C=O) groups is 1. The van der Waals surface area contributed by atoms with E-state index in [0.717, 1.165) is 39.1 Å². The van der Waals surface area contributed by atoms with Gasteiger partial charge in [-0.3, -0.25) is 0 Å². The average molecular weight is 257 g/mol. The second kappa shape index (κ2) is 6.38.